The second-order valence-electron chi connectivity index (χ2n) is 1.10. The van der Waals surface area contributed by atoms with Gasteiger partial charge in [0, 0.05) is 19.8 Å². The van der Waals surface area contributed by atoms with E-state index in [1.54, 1.807) is 6.92 Å². The van der Waals surface area contributed by atoms with E-state index in [4.69, 9.17) is 9.84 Å². The van der Waals surface area contributed by atoms with Gasteiger partial charge in [-0.05, 0) is 20.8 Å². The molecule has 6 N–H and O–H groups in total. The van der Waals surface area contributed by atoms with Gasteiger partial charge in [-0.3, -0.25) is 0 Å². The maximum Gasteiger partial charge on any atom is 0.0437 e. The van der Waals surface area contributed by atoms with Gasteiger partial charge in [-0.2, -0.15) is 0 Å². The van der Waals surface area contributed by atoms with Crippen LogP contribution in [0.3, 0.4) is 0 Å². The molecule has 0 aromatic heterocycles. The van der Waals surface area contributed by atoms with Crippen LogP contribution >= 0.6 is 0 Å². The highest BCUT2D eigenvalue weighted by molar-refractivity contribution is 4.07. The third kappa shape index (κ3) is 108. The first kappa shape index (κ1) is 22.5. The molecule has 0 spiro atoms. The average Bonchev–Trinajstić information content (AvgIpc) is 1.71. The van der Waals surface area contributed by atoms with Crippen LogP contribution in [0, 0.1) is 0 Å². The van der Waals surface area contributed by atoms with E-state index >= 15 is 0 Å². The van der Waals surface area contributed by atoms with Crippen molar-refractivity contribution in [3.05, 3.63) is 0 Å². The molecule has 0 fully saturated rings. The third-order valence-corrected chi connectivity index (χ3v) is 0.408. The smallest absolute Gasteiger partial charge is 0.0437 e. The lowest BCUT2D eigenvalue weighted by molar-refractivity contribution is 0.162. The van der Waals surface area contributed by atoms with E-state index < -0.39 is 0 Å². The van der Waals surface area contributed by atoms with Crippen molar-refractivity contribution in [3.8, 4) is 0 Å². The normalized spacial score (nSPS) is 6.00. The second-order valence-corrected chi connectivity index (χ2v) is 1.10. The van der Waals surface area contributed by atoms with Gasteiger partial charge in [0.05, 0.1) is 0 Å². The molecule has 4 heteroatoms. The monoisotopic (exact) mass is 155 g/mol. The van der Waals surface area contributed by atoms with Gasteiger partial charge in [0.2, 0.25) is 0 Å². The molecule has 0 saturated carbocycles. The maximum atomic E-state index is 7.57. The molecule has 0 aliphatic carbocycles. The van der Waals surface area contributed by atoms with Crippen LogP contribution in [-0.2, 0) is 4.74 Å². The molecule has 4 nitrogen and oxygen atoms in total. The first-order valence-electron chi connectivity index (χ1n) is 3.01. The molecular weight excluding hydrogens is 134 g/mol. The van der Waals surface area contributed by atoms with Crippen LogP contribution in [0.5, 0.6) is 0 Å². The summed E-state index contributed by atoms with van der Waals surface area (Å²) in [7, 11) is 0. The fourth-order valence-electron chi connectivity index (χ4n) is 0.204. The van der Waals surface area contributed by atoms with Crippen molar-refractivity contribution in [1.29, 1.82) is 0 Å². The molecule has 0 bridgehead atoms. The lowest BCUT2D eigenvalue weighted by Gasteiger charge is -1.86. The van der Waals surface area contributed by atoms with E-state index in [1.807, 2.05) is 13.8 Å². The zero-order valence-electron chi connectivity index (χ0n) is 7.18. The van der Waals surface area contributed by atoms with Crippen LogP contribution in [0.25, 0.3) is 0 Å². The molecule has 0 aromatic rings. The minimum Gasteiger partial charge on any atom is -0.412 e. The number of hydrogen-bond acceptors (Lipinski definition) is 3. The summed E-state index contributed by atoms with van der Waals surface area (Å²) in [6.45, 7) is 7.60. The molecule has 10 heavy (non-hydrogen) atoms. The number of rotatable bonds is 2. The van der Waals surface area contributed by atoms with Gasteiger partial charge in [-0.15, -0.1) is 0 Å². The summed E-state index contributed by atoms with van der Waals surface area (Å²) in [6.07, 6.45) is 0. The first-order chi connectivity index (χ1) is 3.83. The molecule has 0 saturated heterocycles. The number of aliphatic hydroxyl groups excluding tert-OH is 1. The van der Waals surface area contributed by atoms with E-state index in [9.17, 15) is 0 Å². The van der Waals surface area contributed by atoms with Crippen molar-refractivity contribution >= 4 is 0 Å². The van der Waals surface area contributed by atoms with Crippen LogP contribution < -0.4 is 6.15 Å². The van der Waals surface area contributed by atoms with Crippen molar-refractivity contribution in [2.45, 2.75) is 20.8 Å². The van der Waals surface area contributed by atoms with Crippen molar-refractivity contribution in [3.63, 3.8) is 0 Å². The Labute approximate surface area is 63.1 Å². The Hall–Kier alpha value is -0.160. The van der Waals surface area contributed by atoms with Gasteiger partial charge in [-0.25, -0.2) is 0 Å². The Kier molecular flexibility index (Phi) is 83.1. The molecule has 0 atom stereocenters. The number of hydrogen-bond donors (Lipinski definition) is 2. The minimum atomic E-state index is 0. The van der Waals surface area contributed by atoms with Gasteiger partial charge in [0.15, 0.2) is 0 Å². The summed E-state index contributed by atoms with van der Waals surface area (Å²) in [5.41, 5.74) is 0. The van der Waals surface area contributed by atoms with Gasteiger partial charge in [-0.1, -0.05) is 0 Å². The van der Waals surface area contributed by atoms with E-state index in [-0.39, 0.29) is 18.2 Å². The fraction of sp³-hybridized carbons (Fsp3) is 1.00. The molecule has 0 unspecified atom stereocenters. The highest BCUT2D eigenvalue weighted by Crippen LogP contribution is 1.64. The topological polar surface area (TPSA) is 96.0 Å². The summed E-state index contributed by atoms with van der Waals surface area (Å²) in [5, 5.41) is 7.57. The Morgan fingerprint density at radius 3 is 1.30 bits per heavy atom. The zero-order valence-corrected chi connectivity index (χ0v) is 7.18. The van der Waals surface area contributed by atoms with Crippen LogP contribution in [0.2, 0.25) is 0 Å². The van der Waals surface area contributed by atoms with E-state index in [1.165, 1.54) is 0 Å². The van der Waals surface area contributed by atoms with Crippen molar-refractivity contribution in [2.75, 3.05) is 19.8 Å². The lowest BCUT2D eigenvalue weighted by atomic mass is 10.8. The molecular formula is C6H21NO3. The highest BCUT2D eigenvalue weighted by Gasteiger charge is 1.64. The van der Waals surface area contributed by atoms with Crippen molar-refractivity contribution < 1.29 is 15.3 Å². The third-order valence-electron chi connectivity index (χ3n) is 0.408. The molecule has 0 heterocycles. The number of ether oxygens (including phenoxy) is 1. The van der Waals surface area contributed by atoms with E-state index in [2.05, 4.69) is 0 Å². The molecule has 0 aromatic carbocycles. The molecule has 0 aliphatic heterocycles. The molecule has 68 valence electrons. The summed E-state index contributed by atoms with van der Waals surface area (Å²) in [6, 6.07) is 0. The fourth-order valence-corrected chi connectivity index (χ4v) is 0.204. The predicted octanol–water partition coefficient (Wildman–Crippen LogP) is 0.379. The van der Waals surface area contributed by atoms with Crippen LogP contribution in [0.15, 0.2) is 0 Å². The Balaban J connectivity index is -0.0000000326. The highest BCUT2D eigenvalue weighted by atomic mass is 16.5. The van der Waals surface area contributed by atoms with Gasteiger partial charge in [0.1, 0.15) is 0 Å². The van der Waals surface area contributed by atoms with Crippen LogP contribution in [0.4, 0.5) is 0 Å². The summed E-state index contributed by atoms with van der Waals surface area (Å²) in [5.74, 6) is 0. The van der Waals surface area contributed by atoms with Crippen molar-refractivity contribution in [2.24, 2.45) is 0 Å². The first-order valence-corrected chi connectivity index (χ1v) is 3.01. The summed E-state index contributed by atoms with van der Waals surface area (Å²) >= 11 is 0. The Bertz CT molecular complexity index is 27.0. The minimum absolute atomic E-state index is 0. The standard InChI is InChI=1S/C4H10O.C2H6O.H3N.H2O/c1-3-5-4-2;1-2-3;;/h3-4H2,1-2H3;3H,2H2,1H3;1H3;1H2. The SMILES string of the molecule is CCO.CCOCC.N.O. The average molecular weight is 155 g/mol. The Morgan fingerprint density at radius 1 is 1.10 bits per heavy atom. The van der Waals surface area contributed by atoms with Crippen molar-refractivity contribution in [1.82, 2.24) is 6.15 Å². The molecule has 0 amide bonds. The van der Waals surface area contributed by atoms with E-state index in [0.29, 0.717) is 0 Å². The molecule has 0 radical (unpaired) electrons. The number of aliphatic hydroxyl groups is 1. The zero-order chi connectivity index (χ0) is 6.83. The van der Waals surface area contributed by atoms with Gasteiger partial charge >= 0.3 is 0 Å². The van der Waals surface area contributed by atoms with Gasteiger partial charge < -0.3 is 21.5 Å². The Morgan fingerprint density at radius 2 is 1.30 bits per heavy atom. The quantitative estimate of drug-likeness (QED) is 0.603. The van der Waals surface area contributed by atoms with Crippen LogP contribution in [-0.4, -0.2) is 30.4 Å². The largest absolute Gasteiger partial charge is 0.412 e. The second kappa shape index (κ2) is 36.8. The van der Waals surface area contributed by atoms with Crippen LogP contribution in [0.1, 0.15) is 20.8 Å². The summed E-state index contributed by atoms with van der Waals surface area (Å²) < 4.78 is 4.83. The van der Waals surface area contributed by atoms with E-state index in [0.717, 1.165) is 13.2 Å². The maximum absolute atomic E-state index is 7.57. The predicted molar refractivity (Wildman–Crippen MR) is 43.6 cm³/mol. The summed E-state index contributed by atoms with van der Waals surface area (Å²) in [4.78, 5) is 0. The molecule has 0 aliphatic rings. The lowest BCUT2D eigenvalue weighted by Crippen LogP contribution is -1.84. The molecule has 0 rings (SSSR count). The van der Waals surface area contributed by atoms with Gasteiger partial charge in [0.25, 0.3) is 0 Å².